The molecule has 0 amide bonds. The third-order valence-electron chi connectivity index (χ3n) is 3.56. The molecule has 0 unspecified atom stereocenters. The van der Waals surface area contributed by atoms with E-state index in [2.05, 4.69) is 15.2 Å². The fourth-order valence-corrected chi connectivity index (χ4v) is 2.22. The van der Waals surface area contributed by atoms with Crippen molar-refractivity contribution in [2.45, 2.75) is 0 Å². The van der Waals surface area contributed by atoms with E-state index in [1.165, 1.54) is 7.11 Å². The molecule has 0 saturated carbocycles. The van der Waals surface area contributed by atoms with Crippen molar-refractivity contribution in [3.05, 3.63) is 42.5 Å². The molecule has 134 valence electrons. The maximum absolute atomic E-state index is 9.92. The van der Waals surface area contributed by atoms with Gasteiger partial charge in [-0.05, 0) is 42.5 Å². The molecule has 8 nitrogen and oxygen atoms in total. The summed E-state index contributed by atoms with van der Waals surface area (Å²) in [5, 5.41) is 17.9. The molecule has 0 aliphatic heterocycles. The number of nitrogens with zero attached hydrogens (tertiary/aromatic N) is 3. The number of benzene rings is 2. The molecule has 3 rings (SSSR count). The van der Waals surface area contributed by atoms with Gasteiger partial charge in [0.1, 0.15) is 5.75 Å². The second-order valence-electron chi connectivity index (χ2n) is 5.12. The third-order valence-corrected chi connectivity index (χ3v) is 3.56. The lowest BCUT2D eigenvalue weighted by Gasteiger charge is -2.07. The van der Waals surface area contributed by atoms with Gasteiger partial charge in [-0.15, -0.1) is 10.2 Å². The normalized spacial score (nSPS) is 10.9. The van der Waals surface area contributed by atoms with Crippen LogP contribution < -0.4 is 14.2 Å². The Bertz CT molecular complexity index is 919. The molecule has 1 N–H and O–H groups in total. The van der Waals surface area contributed by atoms with Crippen LogP contribution in [-0.4, -0.2) is 31.4 Å². The maximum Gasteiger partial charge on any atom is 0.332 e. The zero-order valence-corrected chi connectivity index (χ0v) is 14.5. The standard InChI is InChI=1S/C18H17N3O5/c1-23-13-7-5-12(6-8-13)20-21-16-18(22)26-17(19-16)11-4-9-14(24-2)15(10-11)25-3/h4-10,22H,1-3H3. The van der Waals surface area contributed by atoms with Crippen LogP contribution in [0.3, 0.4) is 0 Å². The highest BCUT2D eigenvalue weighted by Gasteiger charge is 2.15. The zero-order chi connectivity index (χ0) is 18.5. The van der Waals surface area contributed by atoms with Crippen molar-refractivity contribution in [1.82, 2.24) is 4.98 Å². The van der Waals surface area contributed by atoms with Crippen LogP contribution in [0.2, 0.25) is 0 Å². The highest BCUT2D eigenvalue weighted by atomic mass is 16.5. The first kappa shape index (κ1) is 17.3. The minimum Gasteiger partial charge on any atom is -0.497 e. The Kier molecular flexibility index (Phi) is 5.02. The summed E-state index contributed by atoms with van der Waals surface area (Å²) in [7, 11) is 4.66. The highest BCUT2D eigenvalue weighted by molar-refractivity contribution is 5.62. The number of ether oxygens (including phenoxy) is 3. The van der Waals surface area contributed by atoms with Gasteiger partial charge in [-0.25, -0.2) is 0 Å². The summed E-state index contributed by atoms with van der Waals surface area (Å²) in [5.74, 6) is 1.55. The Balaban J connectivity index is 1.85. The molecule has 26 heavy (non-hydrogen) atoms. The van der Waals surface area contributed by atoms with Gasteiger partial charge in [-0.3, -0.25) is 0 Å². The molecule has 2 aromatic carbocycles. The van der Waals surface area contributed by atoms with Gasteiger partial charge >= 0.3 is 5.95 Å². The molecule has 1 heterocycles. The average Bonchev–Trinajstić information content (AvgIpc) is 3.06. The summed E-state index contributed by atoms with van der Waals surface area (Å²) >= 11 is 0. The molecule has 0 atom stereocenters. The molecule has 0 aliphatic carbocycles. The van der Waals surface area contributed by atoms with E-state index in [1.54, 1.807) is 56.7 Å². The Morgan fingerprint density at radius 3 is 2.27 bits per heavy atom. The third kappa shape index (κ3) is 3.59. The smallest absolute Gasteiger partial charge is 0.332 e. The minimum atomic E-state index is -0.424. The van der Waals surface area contributed by atoms with Crippen LogP contribution in [0.25, 0.3) is 11.5 Å². The number of oxazole rings is 1. The van der Waals surface area contributed by atoms with E-state index in [9.17, 15) is 5.11 Å². The number of hydrogen-bond acceptors (Lipinski definition) is 8. The van der Waals surface area contributed by atoms with Gasteiger partial charge in [0.05, 0.1) is 27.0 Å². The Labute approximate surface area is 149 Å². The quantitative estimate of drug-likeness (QED) is 0.654. The first-order valence-electron chi connectivity index (χ1n) is 7.62. The van der Waals surface area contributed by atoms with E-state index in [-0.39, 0.29) is 11.7 Å². The van der Waals surface area contributed by atoms with Crippen LogP contribution in [0.1, 0.15) is 0 Å². The van der Waals surface area contributed by atoms with Gasteiger partial charge in [-0.1, -0.05) is 0 Å². The molecule has 0 aliphatic rings. The molecule has 0 fully saturated rings. The van der Waals surface area contributed by atoms with E-state index in [0.29, 0.717) is 28.5 Å². The number of rotatable bonds is 6. The summed E-state index contributed by atoms with van der Waals surface area (Å²) in [6, 6.07) is 12.1. The number of aromatic nitrogens is 1. The predicted molar refractivity (Wildman–Crippen MR) is 93.9 cm³/mol. The lowest BCUT2D eigenvalue weighted by Crippen LogP contribution is -1.90. The first-order chi connectivity index (χ1) is 12.6. The molecular weight excluding hydrogens is 338 g/mol. The van der Waals surface area contributed by atoms with Gasteiger partial charge in [0, 0.05) is 5.56 Å². The summed E-state index contributed by atoms with van der Waals surface area (Å²) in [5.41, 5.74) is 1.18. The second-order valence-corrected chi connectivity index (χ2v) is 5.12. The number of aromatic hydroxyl groups is 1. The monoisotopic (exact) mass is 355 g/mol. The molecule has 1 aromatic heterocycles. The van der Waals surface area contributed by atoms with Crippen LogP contribution in [0.15, 0.2) is 57.1 Å². The van der Waals surface area contributed by atoms with Crippen LogP contribution >= 0.6 is 0 Å². The van der Waals surface area contributed by atoms with Crippen molar-refractivity contribution >= 4 is 11.5 Å². The highest BCUT2D eigenvalue weighted by Crippen LogP contribution is 2.36. The number of azo groups is 1. The van der Waals surface area contributed by atoms with Crippen molar-refractivity contribution in [3.63, 3.8) is 0 Å². The van der Waals surface area contributed by atoms with E-state index in [0.717, 1.165) is 0 Å². The Morgan fingerprint density at radius 2 is 1.62 bits per heavy atom. The van der Waals surface area contributed by atoms with Crippen molar-refractivity contribution in [2.75, 3.05) is 21.3 Å². The lowest BCUT2D eigenvalue weighted by molar-refractivity contribution is 0.338. The van der Waals surface area contributed by atoms with Gasteiger partial charge in [-0.2, -0.15) is 4.98 Å². The predicted octanol–water partition coefficient (Wildman–Crippen LogP) is 4.49. The number of hydrogen-bond donors (Lipinski definition) is 1. The van der Waals surface area contributed by atoms with Crippen LogP contribution in [0.5, 0.6) is 23.2 Å². The SMILES string of the molecule is COc1ccc(N=Nc2nc(-c3ccc(OC)c(OC)c3)oc2O)cc1. The van der Waals surface area contributed by atoms with Crippen LogP contribution in [0, 0.1) is 0 Å². The van der Waals surface area contributed by atoms with Crippen LogP contribution in [0.4, 0.5) is 11.5 Å². The van der Waals surface area contributed by atoms with Gasteiger partial charge < -0.3 is 23.7 Å². The second kappa shape index (κ2) is 7.56. The molecule has 0 bridgehead atoms. The van der Waals surface area contributed by atoms with Gasteiger partial charge in [0.25, 0.3) is 5.82 Å². The Hall–Kier alpha value is -3.55. The van der Waals surface area contributed by atoms with Gasteiger partial charge in [0.2, 0.25) is 5.89 Å². The summed E-state index contributed by atoms with van der Waals surface area (Å²) in [4.78, 5) is 4.16. The fraction of sp³-hybridized carbons (Fsp3) is 0.167. The summed E-state index contributed by atoms with van der Waals surface area (Å²) in [6.07, 6.45) is 0. The molecule has 3 aromatic rings. The molecule has 0 spiro atoms. The molecule has 0 saturated heterocycles. The van der Waals surface area contributed by atoms with Gasteiger partial charge in [0.15, 0.2) is 11.5 Å². The summed E-state index contributed by atoms with van der Waals surface area (Å²) in [6.45, 7) is 0. The molecular formula is C18H17N3O5. The van der Waals surface area contributed by atoms with Crippen molar-refractivity contribution < 1.29 is 23.7 Å². The molecule has 0 radical (unpaired) electrons. The summed E-state index contributed by atoms with van der Waals surface area (Å²) < 4.78 is 20.8. The number of methoxy groups -OCH3 is 3. The first-order valence-corrected chi connectivity index (χ1v) is 7.62. The van der Waals surface area contributed by atoms with E-state index in [4.69, 9.17) is 18.6 Å². The lowest BCUT2D eigenvalue weighted by atomic mass is 10.2. The van der Waals surface area contributed by atoms with E-state index >= 15 is 0 Å². The Morgan fingerprint density at radius 1 is 0.885 bits per heavy atom. The van der Waals surface area contributed by atoms with Crippen molar-refractivity contribution in [3.8, 4) is 34.6 Å². The van der Waals surface area contributed by atoms with E-state index < -0.39 is 5.95 Å². The van der Waals surface area contributed by atoms with E-state index in [1.807, 2.05) is 0 Å². The average molecular weight is 355 g/mol. The minimum absolute atomic E-state index is 0.0226. The van der Waals surface area contributed by atoms with Crippen LogP contribution in [-0.2, 0) is 0 Å². The van der Waals surface area contributed by atoms with Crippen molar-refractivity contribution in [1.29, 1.82) is 0 Å². The fourth-order valence-electron chi connectivity index (χ4n) is 2.22. The largest absolute Gasteiger partial charge is 0.497 e. The molecule has 8 heteroatoms. The zero-order valence-electron chi connectivity index (χ0n) is 14.5. The topological polar surface area (TPSA) is 98.7 Å². The maximum atomic E-state index is 9.92. The van der Waals surface area contributed by atoms with Crippen molar-refractivity contribution in [2.24, 2.45) is 10.2 Å².